The van der Waals surface area contributed by atoms with Gasteiger partial charge in [0.15, 0.2) is 0 Å². The first-order chi connectivity index (χ1) is 17.4. The monoisotopic (exact) mass is 588 g/mol. The van der Waals surface area contributed by atoms with Crippen molar-refractivity contribution in [1.29, 1.82) is 0 Å². The number of nitrogens with two attached hydrogens (primary N) is 2. The van der Waals surface area contributed by atoms with Gasteiger partial charge in [-0.15, -0.1) is 0 Å². The largest absolute Gasteiger partial charge is 0.299 e. The van der Waals surface area contributed by atoms with Crippen LogP contribution in [-0.4, -0.2) is 52.8 Å². The van der Waals surface area contributed by atoms with Crippen LogP contribution in [0.5, 0.6) is 0 Å². The maximum atomic E-state index is 11.8. The lowest BCUT2D eigenvalue weighted by atomic mass is 9.99. The summed E-state index contributed by atoms with van der Waals surface area (Å²) in [6.07, 6.45) is 7.24. The van der Waals surface area contributed by atoms with Gasteiger partial charge in [-0.25, -0.2) is 27.1 Å². The van der Waals surface area contributed by atoms with E-state index in [4.69, 9.17) is 33.5 Å². The highest BCUT2D eigenvalue weighted by molar-refractivity contribution is 7.89. The molecule has 0 saturated carbocycles. The standard InChI is InChI=1S/C25H34Cl2N4O4S2/c26-24-20-16-30(14-10-18(20)6-8-22(24)36(28,32)33)12-4-2-1-3-5-13-31-15-11-19-7-9-23(37(29,34)35)25(27)21(19)17-31/h6-9H,1-5,10-17H2,(H2,28,32,33)(H2,29,34,35). The molecule has 2 aliphatic heterocycles. The molecule has 8 nitrogen and oxygen atoms in total. The van der Waals surface area contributed by atoms with Crippen molar-refractivity contribution in [2.24, 2.45) is 10.3 Å². The van der Waals surface area contributed by atoms with Crippen LogP contribution < -0.4 is 10.3 Å². The molecule has 0 radical (unpaired) electrons. The predicted octanol–water partition coefficient (Wildman–Crippen LogP) is 3.66. The lowest BCUT2D eigenvalue weighted by Gasteiger charge is -2.30. The summed E-state index contributed by atoms with van der Waals surface area (Å²) in [6.45, 7) is 5.05. The van der Waals surface area contributed by atoms with Crippen molar-refractivity contribution in [2.45, 2.75) is 67.8 Å². The van der Waals surface area contributed by atoms with Gasteiger partial charge in [-0.1, -0.05) is 54.6 Å². The number of unbranched alkanes of at least 4 members (excludes halogenated alkanes) is 4. The summed E-state index contributed by atoms with van der Waals surface area (Å²) in [7, 11) is -7.67. The summed E-state index contributed by atoms with van der Waals surface area (Å²) < 4.78 is 47.1. The zero-order chi connectivity index (χ0) is 26.8. The Hall–Kier alpha value is -1.24. The van der Waals surface area contributed by atoms with Gasteiger partial charge in [-0.2, -0.15) is 0 Å². The van der Waals surface area contributed by atoms with E-state index >= 15 is 0 Å². The molecule has 12 heteroatoms. The molecule has 2 aromatic rings. The highest BCUT2D eigenvalue weighted by Gasteiger charge is 2.25. The molecule has 2 aromatic carbocycles. The number of halogens is 2. The van der Waals surface area contributed by atoms with E-state index in [0.29, 0.717) is 13.1 Å². The highest BCUT2D eigenvalue weighted by atomic mass is 35.5. The van der Waals surface area contributed by atoms with Gasteiger partial charge in [0.1, 0.15) is 9.79 Å². The lowest BCUT2D eigenvalue weighted by molar-refractivity contribution is 0.241. The lowest BCUT2D eigenvalue weighted by Crippen LogP contribution is -2.32. The Morgan fingerprint density at radius 1 is 0.649 bits per heavy atom. The van der Waals surface area contributed by atoms with Crippen molar-refractivity contribution >= 4 is 43.2 Å². The van der Waals surface area contributed by atoms with Crippen molar-refractivity contribution in [3.63, 3.8) is 0 Å². The Morgan fingerprint density at radius 2 is 1.03 bits per heavy atom. The van der Waals surface area contributed by atoms with E-state index in [1.165, 1.54) is 12.1 Å². The Bertz CT molecular complexity index is 1260. The van der Waals surface area contributed by atoms with Crippen molar-refractivity contribution in [3.05, 3.63) is 56.6 Å². The van der Waals surface area contributed by atoms with Crippen molar-refractivity contribution < 1.29 is 16.8 Å². The number of rotatable bonds is 10. The zero-order valence-electron chi connectivity index (χ0n) is 20.8. The number of hydrogen-bond donors (Lipinski definition) is 2. The third-order valence-corrected chi connectivity index (χ3v) is 10.3. The molecular formula is C25H34Cl2N4O4S2. The topological polar surface area (TPSA) is 127 Å². The number of benzene rings is 2. The van der Waals surface area contributed by atoms with Gasteiger partial charge in [0.25, 0.3) is 0 Å². The highest BCUT2D eigenvalue weighted by Crippen LogP contribution is 2.33. The van der Waals surface area contributed by atoms with Crippen molar-refractivity contribution in [1.82, 2.24) is 9.80 Å². The fourth-order valence-electron chi connectivity index (χ4n) is 5.27. The minimum atomic E-state index is -3.84. The second-order valence-electron chi connectivity index (χ2n) is 9.94. The van der Waals surface area contributed by atoms with Gasteiger partial charge < -0.3 is 0 Å². The third-order valence-electron chi connectivity index (χ3n) is 7.33. The van der Waals surface area contributed by atoms with Crippen LogP contribution in [-0.2, 0) is 46.0 Å². The summed E-state index contributed by atoms with van der Waals surface area (Å²) in [5, 5.41) is 11.1. The Kier molecular flexibility index (Phi) is 9.23. The SMILES string of the molecule is NS(=O)(=O)c1ccc2c(c1Cl)CN(CCCCCCCN1CCc3ccc(S(N)(=O)=O)c(Cl)c3C1)CC2. The van der Waals surface area contributed by atoms with E-state index in [0.717, 1.165) is 93.4 Å². The van der Waals surface area contributed by atoms with Crippen molar-refractivity contribution in [2.75, 3.05) is 26.2 Å². The number of primary sulfonamides is 2. The summed E-state index contributed by atoms with van der Waals surface area (Å²) in [4.78, 5) is 4.65. The average molecular weight is 590 g/mol. The first kappa shape index (κ1) is 28.8. The molecule has 0 amide bonds. The molecule has 2 heterocycles. The minimum absolute atomic E-state index is 0.000847. The van der Waals surface area contributed by atoms with Gasteiger partial charge in [-0.05, 0) is 73.2 Å². The molecule has 0 atom stereocenters. The van der Waals surface area contributed by atoms with Crippen LogP contribution >= 0.6 is 23.2 Å². The molecule has 0 fully saturated rings. The molecule has 37 heavy (non-hydrogen) atoms. The van der Waals surface area contributed by atoms with E-state index in [-0.39, 0.29) is 19.8 Å². The summed E-state index contributed by atoms with van der Waals surface area (Å²) in [5.41, 5.74) is 3.94. The van der Waals surface area contributed by atoms with Crippen LogP contribution in [0.1, 0.15) is 54.4 Å². The van der Waals surface area contributed by atoms with E-state index in [1.54, 1.807) is 0 Å². The molecule has 0 saturated heterocycles. The van der Waals surface area contributed by atoms with Crippen LogP contribution in [0.25, 0.3) is 0 Å². The van der Waals surface area contributed by atoms with Crippen LogP contribution in [0.4, 0.5) is 0 Å². The van der Waals surface area contributed by atoms with Crippen LogP contribution in [0.2, 0.25) is 10.0 Å². The molecule has 204 valence electrons. The first-order valence-electron chi connectivity index (χ1n) is 12.6. The van der Waals surface area contributed by atoms with E-state index < -0.39 is 20.0 Å². The molecule has 0 aliphatic carbocycles. The third kappa shape index (κ3) is 7.05. The smallest absolute Gasteiger partial charge is 0.239 e. The van der Waals surface area contributed by atoms with E-state index in [2.05, 4.69) is 9.80 Å². The molecule has 4 N–H and O–H groups in total. The van der Waals surface area contributed by atoms with Gasteiger partial charge in [0.2, 0.25) is 20.0 Å². The average Bonchev–Trinajstić information content (AvgIpc) is 2.82. The maximum Gasteiger partial charge on any atom is 0.239 e. The fraction of sp³-hybridized carbons (Fsp3) is 0.520. The molecule has 4 rings (SSSR count). The quantitative estimate of drug-likeness (QED) is 0.408. The van der Waals surface area contributed by atoms with Crippen LogP contribution in [0.3, 0.4) is 0 Å². The van der Waals surface area contributed by atoms with Crippen molar-refractivity contribution in [3.8, 4) is 0 Å². The fourth-order valence-corrected chi connectivity index (χ4v) is 7.67. The second-order valence-corrected chi connectivity index (χ2v) is 13.8. The van der Waals surface area contributed by atoms with Crippen LogP contribution in [0.15, 0.2) is 34.1 Å². The second kappa shape index (κ2) is 11.9. The summed E-state index contributed by atoms with van der Waals surface area (Å²) >= 11 is 12.8. The van der Waals surface area contributed by atoms with Gasteiger partial charge in [0.05, 0.1) is 10.0 Å². The molecule has 0 unspecified atom stereocenters. The Labute approximate surface area is 230 Å². The summed E-state index contributed by atoms with van der Waals surface area (Å²) in [6, 6.07) is 6.66. The van der Waals surface area contributed by atoms with Gasteiger partial charge >= 0.3 is 0 Å². The Balaban J connectivity index is 1.18. The van der Waals surface area contributed by atoms with E-state index in [1.807, 2.05) is 12.1 Å². The van der Waals surface area contributed by atoms with Crippen LogP contribution in [0, 0.1) is 0 Å². The van der Waals surface area contributed by atoms with E-state index in [9.17, 15) is 16.8 Å². The molecule has 2 aliphatic rings. The number of hydrogen-bond acceptors (Lipinski definition) is 6. The maximum absolute atomic E-state index is 11.8. The molecular weight excluding hydrogens is 555 g/mol. The number of nitrogens with zero attached hydrogens (tertiary/aromatic N) is 2. The molecule has 0 bridgehead atoms. The number of fused-ring (bicyclic) bond motifs is 2. The Morgan fingerprint density at radius 3 is 1.41 bits per heavy atom. The summed E-state index contributed by atoms with van der Waals surface area (Å²) in [5.74, 6) is 0. The molecule has 0 spiro atoms. The number of sulfonamides is 2. The predicted molar refractivity (Wildman–Crippen MR) is 147 cm³/mol. The normalized spacial score (nSPS) is 17.0. The zero-order valence-corrected chi connectivity index (χ0v) is 23.9. The minimum Gasteiger partial charge on any atom is -0.299 e. The molecule has 0 aromatic heterocycles. The van der Waals surface area contributed by atoms with Gasteiger partial charge in [-0.3, -0.25) is 9.80 Å². The first-order valence-corrected chi connectivity index (χ1v) is 16.4. The van der Waals surface area contributed by atoms with Gasteiger partial charge in [0, 0.05) is 26.2 Å².